The Bertz CT molecular complexity index is 1750. The minimum Gasteiger partial charge on any atom is -0.462 e. The second kappa shape index (κ2) is 70.0. The lowest BCUT2D eigenvalue weighted by atomic mass is 10.0. The van der Waals surface area contributed by atoms with Crippen LogP contribution in [0.3, 0.4) is 0 Å². The Morgan fingerprint density at radius 1 is 0.253 bits per heavy atom. The number of ether oxygens (including phenoxy) is 3. The Hall–Kier alpha value is -4.45. The molecule has 0 spiro atoms. The monoisotopic (exact) mass is 1150 g/mol. The number of hydrogen-bond acceptors (Lipinski definition) is 6. The van der Waals surface area contributed by atoms with Crippen molar-refractivity contribution in [2.45, 2.75) is 322 Å². The normalized spacial score (nSPS) is 13.0. The highest BCUT2D eigenvalue weighted by Gasteiger charge is 2.19. The molecule has 0 aliphatic rings. The molecular weight excluding hydrogens is 1020 g/mol. The van der Waals surface area contributed by atoms with Crippen LogP contribution in [0.1, 0.15) is 316 Å². The largest absolute Gasteiger partial charge is 0.462 e. The maximum Gasteiger partial charge on any atom is 0.306 e. The molecule has 0 radical (unpaired) electrons. The van der Waals surface area contributed by atoms with Gasteiger partial charge in [-0.15, -0.1) is 0 Å². The van der Waals surface area contributed by atoms with Crippen LogP contribution in [0.2, 0.25) is 0 Å². The number of carbonyl (C=O) groups excluding carboxylic acids is 3. The Morgan fingerprint density at radius 2 is 0.470 bits per heavy atom. The molecule has 0 aliphatic carbocycles. The van der Waals surface area contributed by atoms with Gasteiger partial charge in [0.15, 0.2) is 6.10 Å². The lowest BCUT2D eigenvalue weighted by molar-refractivity contribution is -0.167. The predicted octanol–water partition coefficient (Wildman–Crippen LogP) is 24.1. The van der Waals surface area contributed by atoms with Crippen molar-refractivity contribution in [2.75, 3.05) is 13.2 Å². The molecule has 0 saturated carbocycles. The third-order valence-electron chi connectivity index (χ3n) is 14.6. The van der Waals surface area contributed by atoms with Crippen molar-refractivity contribution in [3.05, 3.63) is 134 Å². The Labute approximate surface area is 513 Å². The zero-order valence-electron chi connectivity index (χ0n) is 54.2. The second-order valence-electron chi connectivity index (χ2n) is 22.7. The molecule has 472 valence electrons. The fourth-order valence-electron chi connectivity index (χ4n) is 9.49. The molecule has 1 atom stereocenters. The zero-order chi connectivity index (χ0) is 59.9. The van der Waals surface area contributed by atoms with Crippen molar-refractivity contribution in [2.24, 2.45) is 0 Å². The Kier molecular flexibility index (Phi) is 66.3. The first-order valence-electron chi connectivity index (χ1n) is 34.7. The summed E-state index contributed by atoms with van der Waals surface area (Å²) < 4.78 is 16.9. The number of allylic oxidation sites excluding steroid dienone is 22. The third kappa shape index (κ3) is 68.2. The van der Waals surface area contributed by atoms with Crippen molar-refractivity contribution < 1.29 is 28.6 Å². The predicted molar refractivity (Wildman–Crippen MR) is 362 cm³/mol. The standard InChI is InChI=1S/C77H128O6/c1-4-7-10-13-16-19-22-25-28-31-32-33-34-35-36-37-38-39-40-41-42-43-44-47-49-52-55-58-61-64-67-70-76(79)82-73-74(83-77(80)71-68-65-62-59-56-53-50-46-30-27-24-21-18-15-12-9-6-3)72-81-75(78)69-66-63-60-57-54-51-48-45-29-26-23-20-17-14-11-8-5-2/h7,9-10,12,16-21,25-30,32-33,35-36,50,53,74H,4-6,8,11,13-15,22-24,31,34,37-49,51-52,54-73H2,1-3H3/b10-7-,12-9-,19-16-,20-17-,21-18-,28-25-,29-26-,30-27-,33-32-,36-35-,53-50-. The molecule has 0 heterocycles. The van der Waals surface area contributed by atoms with Gasteiger partial charge >= 0.3 is 17.9 Å². The van der Waals surface area contributed by atoms with Crippen LogP contribution in [-0.4, -0.2) is 37.2 Å². The van der Waals surface area contributed by atoms with Gasteiger partial charge in [-0.3, -0.25) is 14.4 Å². The van der Waals surface area contributed by atoms with Crippen LogP contribution in [0.5, 0.6) is 0 Å². The van der Waals surface area contributed by atoms with Gasteiger partial charge in [-0.2, -0.15) is 0 Å². The van der Waals surface area contributed by atoms with E-state index in [9.17, 15) is 14.4 Å². The molecule has 0 amide bonds. The van der Waals surface area contributed by atoms with E-state index >= 15 is 0 Å². The van der Waals surface area contributed by atoms with E-state index in [0.29, 0.717) is 19.3 Å². The molecule has 6 heteroatoms. The molecule has 0 saturated heterocycles. The highest BCUT2D eigenvalue weighted by molar-refractivity contribution is 5.71. The van der Waals surface area contributed by atoms with Crippen molar-refractivity contribution >= 4 is 17.9 Å². The molecular formula is C77H128O6. The molecule has 0 aromatic heterocycles. The third-order valence-corrected chi connectivity index (χ3v) is 14.6. The summed E-state index contributed by atoms with van der Waals surface area (Å²) in [7, 11) is 0. The maximum atomic E-state index is 12.9. The van der Waals surface area contributed by atoms with E-state index in [2.05, 4.69) is 154 Å². The highest BCUT2D eigenvalue weighted by Crippen LogP contribution is 2.16. The molecule has 0 fully saturated rings. The number of unbranched alkanes of at least 4 members (excludes halogenated alkanes) is 29. The van der Waals surface area contributed by atoms with Gasteiger partial charge in [-0.25, -0.2) is 0 Å². The average molecular weight is 1150 g/mol. The van der Waals surface area contributed by atoms with Gasteiger partial charge < -0.3 is 14.2 Å². The number of carbonyl (C=O) groups is 3. The first-order valence-corrected chi connectivity index (χ1v) is 34.7. The molecule has 0 aromatic rings. The SMILES string of the molecule is CC/C=C\C/C=C\C/C=C\C/C=C\C/C=C\CCCCCCCCCCCCCCCCCC(=O)OCC(COC(=O)CCCCCCCCC/C=C\C/C=C\CCCCC)OC(=O)CCCCCC/C=C\C/C=C\C/C=C\C/C=C\CC. The van der Waals surface area contributed by atoms with Gasteiger partial charge in [-0.05, 0) is 135 Å². The van der Waals surface area contributed by atoms with E-state index < -0.39 is 6.10 Å². The number of hydrogen-bond donors (Lipinski definition) is 0. The van der Waals surface area contributed by atoms with Gasteiger partial charge in [0.2, 0.25) is 0 Å². The summed E-state index contributed by atoms with van der Waals surface area (Å²) >= 11 is 0. The van der Waals surface area contributed by atoms with Gasteiger partial charge in [0.1, 0.15) is 13.2 Å². The summed E-state index contributed by atoms with van der Waals surface area (Å²) in [5.41, 5.74) is 0. The lowest BCUT2D eigenvalue weighted by Crippen LogP contribution is -2.30. The zero-order valence-corrected chi connectivity index (χ0v) is 54.2. The van der Waals surface area contributed by atoms with Crippen LogP contribution in [0.15, 0.2) is 134 Å². The minimum atomic E-state index is -0.799. The summed E-state index contributed by atoms with van der Waals surface area (Å²) in [5.74, 6) is -0.916. The van der Waals surface area contributed by atoms with Gasteiger partial charge in [-0.1, -0.05) is 296 Å². The smallest absolute Gasteiger partial charge is 0.306 e. The molecule has 0 aromatic carbocycles. The molecule has 0 bridgehead atoms. The molecule has 83 heavy (non-hydrogen) atoms. The van der Waals surface area contributed by atoms with Crippen LogP contribution in [0.4, 0.5) is 0 Å². The van der Waals surface area contributed by atoms with Crippen molar-refractivity contribution in [1.29, 1.82) is 0 Å². The fraction of sp³-hybridized carbons (Fsp3) is 0.675. The van der Waals surface area contributed by atoms with E-state index in [4.69, 9.17) is 14.2 Å². The second-order valence-corrected chi connectivity index (χ2v) is 22.7. The summed E-state index contributed by atoms with van der Waals surface area (Å²) in [4.78, 5) is 38.4. The summed E-state index contributed by atoms with van der Waals surface area (Å²) in [6, 6.07) is 0. The van der Waals surface area contributed by atoms with E-state index in [1.54, 1.807) is 0 Å². The number of rotatable bonds is 62. The molecule has 1 unspecified atom stereocenters. The van der Waals surface area contributed by atoms with Crippen molar-refractivity contribution in [3.63, 3.8) is 0 Å². The molecule has 0 N–H and O–H groups in total. The molecule has 6 nitrogen and oxygen atoms in total. The average Bonchev–Trinajstić information content (AvgIpc) is 3.49. The van der Waals surface area contributed by atoms with E-state index in [1.165, 1.54) is 135 Å². The maximum absolute atomic E-state index is 12.9. The highest BCUT2D eigenvalue weighted by atomic mass is 16.6. The van der Waals surface area contributed by atoms with Gasteiger partial charge in [0, 0.05) is 19.3 Å². The van der Waals surface area contributed by atoms with Crippen LogP contribution >= 0.6 is 0 Å². The molecule has 0 rings (SSSR count). The van der Waals surface area contributed by atoms with Crippen LogP contribution in [0, 0.1) is 0 Å². The summed E-state index contributed by atoms with van der Waals surface area (Å²) in [6.07, 6.45) is 99.0. The van der Waals surface area contributed by atoms with Gasteiger partial charge in [0.25, 0.3) is 0 Å². The lowest BCUT2D eigenvalue weighted by Gasteiger charge is -2.18. The first kappa shape index (κ1) is 78.5. The summed E-state index contributed by atoms with van der Waals surface area (Å²) in [6.45, 7) is 6.38. The topological polar surface area (TPSA) is 78.9 Å². The van der Waals surface area contributed by atoms with Crippen LogP contribution in [0.25, 0.3) is 0 Å². The summed E-state index contributed by atoms with van der Waals surface area (Å²) in [5, 5.41) is 0. The van der Waals surface area contributed by atoms with Gasteiger partial charge in [0.05, 0.1) is 0 Å². The van der Waals surface area contributed by atoms with E-state index in [0.717, 1.165) is 141 Å². The van der Waals surface area contributed by atoms with Crippen LogP contribution < -0.4 is 0 Å². The van der Waals surface area contributed by atoms with E-state index in [-0.39, 0.29) is 31.1 Å². The first-order chi connectivity index (χ1) is 41.0. The van der Waals surface area contributed by atoms with Crippen LogP contribution in [-0.2, 0) is 28.6 Å². The Balaban J connectivity index is 4.31. The fourth-order valence-corrected chi connectivity index (χ4v) is 9.49. The number of esters is 3. The van der Waals surface area contributed by atoms with Crippen molar-refractivity contribution in [1.82, 2.24) is 0 Å². The Morgan fingerprint density at radius 3 is 0.735 bits per heavy atom. The van der Waals surface area contributed by atoms with E-state index in [1.807, 2.05) is 0 Å². The minimum absolute atomic E-state index is 0.0921. The molecule has 0 aliphatic heterocycles. The van der Waals surface area contributed by atoms with Crippen molar-refractivity contribution in [3.8, 4) is 0 Å². The quantitative estimate of drug-likeness (QED) is 0.0261.